The van der Waals surface area contributed by atoms with Crippen LogP contribution in [0.25, 0.3) is 210 Å². The van der Waals surface area contributed by atoms with E-state index in [2.05, 4.69) is 144 Å². The number of halogens is 3. The largest absolute Gasteiger partial charge is 0.452 e. The standard InChI is InChI=1S/C36H21ClN4O.C35H20ClN5O.C22H11ClN2OS/c37-36-40-32(34-33(41-36)28-21-26(19-20-30(28)42-34)22-9-3-1-4-10-22)24-15-17-25(18-16-24)35-38-29-14-8-7-13-27(29)31(39-35)23-11-5-2-6-12-23;36-35-40-31(33-32(41-35)26-11-2-4-14-29(26)42-33)21-15-17-22(18-16-21)34-38-28-13-3-1-10-25(28)30(39-34)24-9-7-8-23(20-24)27-12-5-6-19-37-27;23-22-24-19(21-20(25-22)15-6-1-3-7-16(15)26-21)12-9-10-14-13-5-2-4-8-17(13)27-18(14)11-12/h1-21H;1-20H;1-11H. The first-order valence-corrected chi connectivity index (χ1v) is 37.5. The fraction of sp³-hybridized carbons (Fsp3) is 0. The van der Waals surface area contributed by atoms with Crippen LogP contribution < -0.4 is 0 Å². The molecule has 0 aliphatic heterocycles. The Hall–Kier alpha value is -13.8. The van der Waals surface area contributed by atoms with Crippen LogP contribution in [0.3, 0.4) is 0 Å². The van der Waals surface area contributed by atoms with E-state index in [9.17, 15) is 0 Å². The number of nitrogens with zero attached hydrogens (tertiary/aromatic N) is 11. The van der Waals surface area contributed by atoms with E-state index in [4.69, 9.17) is 68.0 Å². The van der Waals surface area contributed by atoms with Gasteiger partial charge in [-0.3, -0.25) is 4.98 Å². The van der Waals surface area contributed by atoms with Gasteiger partial charge in [0.2, 0.25) is 15.9 Å². The summed E-state index contributed by atoms with van der Waals surface area (Å²) in [5.41, 5.74) is 22.5. The van der Waals surface area contributed by atoms with Crippen LogP contribution in [0.15, 0.2) is 329 Å². The lowest BCUT2D eigenvalue weighted by Crippen LogP contribution is -1.96. The summed E-state index contributed by atoms with van der Waals surface area (Å²) in [4.78, 5) is 51.4. The van der Waals surface area contributed by atoms with Crippen molar-refractivity contribution in [2.75, 3.05) is 0 Å². The predicted molar refractivity (Wildman–Crippen MR) is 449 cm³/mol. The maximum absolute atomic E-state index is 6.46. The van der Waals surface area contributed by atoms with Gasteiger partial charge in [0, 0.05) is 97.8 Å². The predicted octanol–water partition coefficient (Wildman–Crippen LogP) is 25.7. The van der Waals surface area contributed by atoms with Crippen molar-refractivity contribution in [1.29, 1.82) is 0 Å². The van der Waals surface area contributed by atoms with Crippen molar-refractivity contribution in [3.8, 4) is 101 Å². The molecule has 0 aliphatic carbocycles. The molecule has 524 valence electrons. The number of furan rings is 3. The van der Waals surface area contributed by atoms with Crippen molar-refractivity contribution in [2.24, 2.45) is 0 Å². The molecule has 0 spiro atoms. The van der Waals surface area contributed by atoms with Gasteiger partial charge in [-0.05, 0) is 125 Å². The summed E-state index contributed by atoms with van der Waals surface area (Å²) < 4.78 is 21.0. The second-order valence-electron chi connectivity index (χ2n) is 26.4. The molecule has 10 heterocycles. The first-order chi connectivity index (χ1) is 54.7. The molecule has 10 aromatic heterocycles. The van der Waals surface area contributed by atoms with Crippen molar-refractivity contribution in [2.45, 2.75) is 0 Å². The zero-order chi connectivity index (χ0) is 74.0. The second kappa shape index (κ2) is 28.1. The van der Waals surface area contributed by atoms with Crippen LogP contribution in [-0.4, -0.2) is 54.8 Å². The van der Waals surface area contributed by atoms with Crippen LogP contribution in [0.4, 0.5) is 0 Å². The lowest BCUT2D eigenvalue weighted by Gasteiger charge is -2.11. The molecule has 0 amide bonds. The average Bonchev–Trinajstić information content (AvgIpc) is 1.67. The van der Waals surface area contributed by atoms with Crippen molar-refractivity contribution in [3.63, 3.8) is 0 Å². The molecule has 0 saturated heterocycles. The molecule has 0 fully saturated rings. The molecule has 0 aliphatic rings. The highest BCUT2D eigenvalue weighted by atomic mass is 35.5. The summed E-state index contributed by atoms with van der Waals surface area (Å²) in [5, 5.41) is 7.83. The number of benzene rings is 12. The van der Waals surface area contributed by atoms with Crippen LogP contribution in [0, 0.1) is 0 Å². The Morgan fingerprint density at radius 2 is 0.640 bits per heavy atom. The van der Waals surface area contributed by atoms with Gasteiger partial charge < -0.3 is 13.3 Å². The van der Waals surface area contributed by atoms with Gasteiger partial charge in [0.15, 0.2) is 28.4 Å². The lowest BCUT2D eigenvalue weighted by atomic mass is 10.0. The van der Waals surface area contributed by atoms with E-state index in [0.717, 1.165) is 139 Å². The van der Waals surface area contributed by atoms with Crippen molar-refractivity contribution < 1.29 is 13.3 Å². The molecule has 0 bridgehead atoms. The SMILES string of the molecule is Clc1nc(-c2ccc(-c3nc(-c4cccc(-c5ccccn5)c4)c4ccccc4n3)cc2)c2oc3ccccc3c2n1.Clc1nc(-c2ccc(-c3nc(-c4ccccc4)c4ccccc4n3)cc2)c2oc3ccc(-c4ccccc4)cc3c2n1.Clc1nc(-c2ccc3c(c2)sc2ccccc23)c2oc3ccccc3c2n1. The van der Waals surface area contributed by atoms with E-state index in [0.29, 0.717) is 50.8 Å². The highest BCUT2D eigenvalue weighted by Crippen LogP contribution is 2.43. The molecule has 22 rings (SSSR count). The van der Waals surface area contributed by atoms with E-state index < -0.39 is 0 Å². The Morgan fingerprint density at radius 1 is 0.234 bits per heavy atom. The normalized spacial score (nSPS) is 11.6. The Morgan fingerprint density at radius 3 is 1.21 bits per heavy atom. The smallest absolute Gasteiger partial charge is 0.223 e. The monoisotopic (exact) mass is 1510 g/mol. The van der Waals surface area contributed by atoms with Gasteiger partial charge in [-0.15, -0.1) is 11.3 Å². The van der Waals surface area contributed by atoms with Crippen molar-refractivity contribution in [1.82, 2.24) is 54.8 Å². The summed E-state index contributed by atoms with van der Waals surface area (Å²) in [5.74, 6) is 1.29. The number of rotatable bonds is 9. The Balaban J connectivity index is 0.000000112. The minimum atomic E-state index is 0.166. The molecule has 0 radical (unpaired) electrons. The number of thiophene rings is 1. The summed E-state index contributed by atoms with van der Waals surface area (Å²) in [6, 6.07) is 103. The number of pyridine rings is 1. The van der Waals surface area contributed by atoms with Crippen LogP contribution >= 0.6 is 46.1 Å². The zero-order valence-electron chi connectivity index (χ0n) is 58.2. The maximum atomic E-state index is 6.46. The first-order valence-electron chi connectivity index (χ1n) is 35.6. The number of hydrogen-bond acceptors (Lipinski definition) is 15. The van der Waals surface area contributed by atoms with Gasteiger partial charge in [0.25, 0.3) is 0 Å². The Bertz CT molecular complexity index is 7390. The van der Waals surface area contributed by atoms with Crippen LogP contribution in [0.5, 0.6) is 0 Å². The van der Waals surface area contributed by atoms with Gasteiger partial charge in [0.05, 0.1) is 28.1 Å². The zero-order valence-corrected chi connectivity index (χ0v) is 61.3. The van der Waals surface area contributed by atoms with Gasteiger partial charge in [-0.2, -0.15) is 0 Å². The van der Waals surface area contributed by atoms with E-state index in [-0.39, 0.29) is 15.9 Å². The van der Waals surface area contributed by atoms with Gasteiger partial charge in [0.1, 0.15) is 50.4 Å². The molecular formula is C93H52Cl3N11O3S. The molecule has 22 aromatic rings. The average molecular weight is 1510 g/mol. The minimum Gasteiger partial charge on any atom is -0.452 e. The lowest BCUT2D eigenvalue weighted by molar-refractivity contribution is 0.667. The quantitative estimate of drug-likeness (QED) is 0.124. The van der Waals surface area contributed by atoms with E-state index in [1.54, 1.807) is 17.5 Å². The van der Waals surface area contributed by atoms with E-state index in [1.165, 1.54) is 20.2 Å². The molecule has 0 unspecified atom stereocenters. The minimum absolute atomic E-state index is 0.166. The number of fused-ring (bicyclic) bond motifs is 14. The van der Waals surface area contributed by atoms with E-state index in [1.807, 2.05) is 200 Å². The highest BCUT2D eigenvalue weighted by Gasteiger charge is 2.23. The second-order valence-corrected chi connectivity index (χ2v) is 28.5. The topological polar surface area (TPSA) is 181 Å². The fourth-order valence-corrected chi connectivity index (χ4v) is 16.0. The summed E-state index contributed by atoms with van der Waals surface area (Å²) in [6.45, 7) is 0. The highest BCUT2D eigenvalue weighted by molar-refractivity contribution is 7.25. The third-order valence-electron chi connectivity index (χ3n) is 19.6. The van der Waals surface area contributed by atoms with Crippen LogP contribution in [0.2, 0.25) is 15.9 Å². The maximum Gasteiger partial charge on any atom is 0.223 e. The van der Waals surface area contributed by atoms with Crippen LogP contribution in [0.1, 0.15) is 0 Å². The fourth-order valence-electron chi connectivity index (χ4n) is 14.4. The molecule has 111 heavy (non-hydrogen) atoms. The molecular weight excluding hydrogens is 1460 g/mol. The summed E-state index contributed by atoms with van der Waals surface area (Å²) in [7, 11) is 0. The Labute approximate surface area is 650 Å². The number of para-hydroxylation sites is 4. The van der Waals surface area contributed by atoms with Gasteiger partial charge in [-0.1, -0.05) is 231 Å². The first kappa shape index (κ1) is 66.6. The third kappa shape index (κ3) is 12.5. The molecule has 0 N–H and O–H groups in total. The number of hydrogen-bond donors (Lipinski definition) is 0. The molecule has 14 nitrogen and oxygen atoms in total. The molecule has 12 aromatic carbocycles. The Kier molecular flexibility index (Phi) is 16.9. The van der Waals surface area contributed by atoms with E-state index >= 15 is 0 Å². The number of aromatic nitrogens is 11. The van der Waals surface area contributed by atoms with Crippen molar-refractivity contribution >= 4 is 154 Å². The molecule has 18 heteroatoms. The summed E-state index contributed by atoms with van der Waals surface area (Å²) in [6.07, 6.45) is 1.80. The van der Waals surface area contributed by atoms with Crippen molar-refractivity contribution in [3.05, 3.63) is 331 Å². The van der Waals surface area contributed by atoms with Crippen LogP contribution in [-0.2, 0) is 0 Å². The van der Waals surface area contributed by atoms with Gasteiger partial charge in [-0.25, -0.2) is 49.8 Å². The third-order valence-corrected chi connectivity index (χ3v) is 21.3. The van der Waals surface area contributed by atoms with Gasteiger partial charge >= 0.3 is 0 Å². The summed E-state index contributed by atoms with van der Waals surface area (Å²) >= 11 is 20.8. The molecule has 0 atom stereocenters. The molecule has 0 saturated carbocycles.